The molecule has 0 aliphatic rings. The Balaban J connectivity index is 1.47. The molecule has 1 amide bonds. The molecule has 0 N–H and O–H groups in total. The van der Waals surface area contributed by atoms with Gasteiger partial charge in [0.05, 0.1) is 23.9 Å². The summed E-state index contributed by atoms with van der Waals surface area (Å²) in [4.78, 5) is 24.7. The van der Waals surface area contributed by atoms with E-state index in [2.05, 4.69) is 4.98 Å². The summed E-state index contributed by atoms with van der Waals surface area (Å²) in [6, 6.07) is 16.0. The number of carbonyl (C=O) groups excluding carboxylic acids is 1. The Labute approximate surface area is 194 Å². The summed E-state index contributed by atoms with van der Waals surface area (Å²) in [6.45, 7) is 0.434. The van der Waals surface area contributed by atoms with Gasteiger partial charge >= 0.3 is 0 Å². The summed E-state index contributed by atoms with van der Waals surface area (Å²) in [5.41, 5.74) is 1.80. The third-order valence-electron chi connectivity index (χ3n) is 4.82. The molecule has 32 heavy (non-hydrogen) atoms. The minimum Gasteiger partial charge on any atom is -0.497 e. The highest BCUT2D eigenvalue weighted by atomic mass is 32.2. The van der Waals surface area contributed by atoms with E-state index in [9.17, 15) is 9.18 Å². The van der Waals surface area contributed by atoms with Crippen molar-refractivity contribution >= 4 is 44.4 Å². The first-order valence-electron chi connectivity index (χ1n) is 10.1. The lowest BCUT2D eigenvalue weighted by atomic mass is 10.2. The van der Waals surface area contributed by atoms with Crippen molar-refractivity contribution in [3.8, 4) is 5.75 Å². The standard InChI is InChI=1S/C24H22FN3O2S2/c1-30-19-6-9-22-21(15-19)27-24(32-22)28(16-17-10-12-26-13-11-17)23(29)3-2-14-31-20-7-4-18(25)5-8-20/h4-13,15H,2-3,14,16H2,1H3. The minimum atomic E-state index is -0.246. The molecular weight excluding hydrogens is 445 g/mol. The van der Waals surface area contributed by atoms with Crippen LogP contribution in [-0.4, -0.2) is 28.7 Å². The smallest absolute Gasteiger partial charge is 0.229 e. The van der Waals surface area contributed by atoms with Crippen molar-refractivity contribution in [2.75, 3.05) is 17.8 Å². The molecule has 8 heteroatoms. The number of amides is 1. The van der Waals surface area contributed by atoms with Gasteiger partial charge in [0.15, 0.2) is 5.13 Å². The predicted octanol–water partition coefficient (Wildman–Crippen LogP) is 5.94. The number of pyridine rings is 1. The molecule has 2 heterocycles. The van der Waals surface area contributed by atoms with Crippen LogP contribution in [0.3, 0.4) is 0 Å². The fourth-order valence-electron chi connectivity index (χ4n) is 3.15. The number of fused-ring (bicyclic) bond motifs is 1. The van der Waals surface area contributed by atoms with E-state index in [1.54, 1.807) is 48.3 Å². The number of benzene rings is 2. The van der Waals surface area contributed by atoms with Gasteiger partial charge in [0.1, 0.15) is 11.6 Å². The average Bonchev–Trinajstić information content (AvgIpc) is 3.25. The molecule has 2 aromatic carbocycles. The van der Waals surface area contributed by atoms with Gasteiger partial charge in [-0.15, -0.1) is 11.8 Å². The SMILES string of the molecule is COc1ccc2sc(N(Cc3ccncc3)C(=O)CCCSc3ccc(F)cc3)nc2c1. The van der Waals surface area contributed by atoms with Crippen LogP contribution in [0, 0.1) is 5.82 Å². The zero-order valence-electron chi connectivity index (χ0n) is 17.5. The van der Waals surface area contributed by atoms with Gasteiger partial charge in [-0.05, 0) is 66.3 Å². The molecule has 0 aliphatic heterocycles. The predicted molar refractivity (Wildman–Crippen MR) is 128 cm³/mol. The van der Waals surface area contributed by atoms with E-state index in [-0.39, 0.29) is 11.7 Å². The molecule has 0 radical (unpaired) electrons. The Bertz CT molecular complexity index is 1180. The van der Waals surface area contributed by atoms with Gasteiger partial charge in [-0.2, -0.15) is 0 Å². The molecule has 0 fully saturated rings. The number of thioether (sulfide) groups is 1. The lowest BCUT2D eigenvalue weighted by molar-refractivity contribution is -0.118. The number of hydrogen-bond donors (Lipinski definition) is 0. The highest BCUT2D eigenvalue weighted by Crippen LogP contribution is 2.32. The average molecular weight is 468 g/mol. The van der Waals surface area contributed by atoms with Gasteiger partial charge in [-0.3, -0.25) is 14.7 Å². The number of ether oxygens (including phenoxy) is 1. The molecule has 2 aromatic heterocycles. The van der Waals surface area contributed by atoms with Crippen molar-refractivity contribution in [2.24, 2.45) is 0 Å². The number of halogens is 1. The number of anilines is 1. The largest absolute Gasteiger partial charge is 0.497 e. The number of nitrogens with zero attached hydrogens (tertiary/aromatic N) is 3. The summed E-state index contributed by atoms with van der Waals surface area (Å²) < 4.78 is 19.4. The first-order chi connectivity index (χ1) is 15.6. The van der Waals surface area contributed by atoms with Crippen LogP contribution in [0.15, 0.2) is 71.9 Å². The zero-order valence-corrected chi connectivity index (χ0v) is 19.2. The van der Waals surface area contributed by atoms with Crippen LogP contribution in [0.4, 0.5) is 9.52 Å². The third-order valence-corrected chi connectivity index (χ3v) is 6.98. The zero-order chi connectivity index (χ0) is 22.3. The van der Waals surface area contributed by atoms with Crippen LogP contribution in [0.5, 0.6) is 5.75 Å². The Hall–Kier alpha value is -2.97. The summed E-state index contributed by atoms with van der Waals surface area (Å²) in [5.74, 6) is 1.29. The van der Waals surface area contributed by atoms with Gasteiger partial charge in [0.2, 0.25) is 5.91 Å². The summed E-state index contributed by atoms with van der Waals surface area (Å²) >= 11 is 3.11. The molecule has 5 nitrogen and oxygen atoms in total. The van der Waals surface area contributed by atoms with Gasteiger partial charge < -0.3 is 4.74 Å². The second kappa shape index (κ2) is 10.6. The number of methoxy groups -OCH3 is 1. The fourth-order valence-corrected chi connectivity index (χ4v) is 4.97. The third kappa shape index (κ3) is 5.63. The monoisotopic (exact) mass is 467 g/mol. The van der Waals surface area contributed by atoms with Gasteiger partial charge in [0.25, 0.3) is 0 Å². The van der Waals surface area contributed by atoms with Crippen LogP contribution in [0.1, 0.15) is 18.4 Å². The van der Waals surface area contributed by atoms with Crippen molar-refractivity contribution in [3.63, 3.8) is 0 Å². The van der Waals surface area contributed by atoms with E-state index in [0.717, 1.165) is 32.2 Å². The molecule has 4 aromatic rings. The molecule has 0 saturated carbocycles. The van der Waals surface area contributed by atoms with Crippen molar-refractivity contribution in [3.05, 3.63) is 78.4 Å². The highest BCUT2D eigenvalue weighted by Gasteiger charge is 2.20. The van der Waals surface area contributed by atoms with Gasteiger partial charge in [-0.25, -0.2) is 9.37 Å². The molecule has 0 saturated heterocycles. The fraction of sp³-hybridized carbons (Fsp3) is 0.208. The lowest BCUT2D eigenvalue weighted by Gasteiger charge is -2.20. The maximum Gasteiger partial charge on any atom is 0.229 e. The van der Waals surface area contributed by atoms with Gasteiger partial charge in [0, 0.05) is 29.8 Å². The number of aromatic nitrogens is 2. The molecule has 0 aliphatic carbocycles. The molecule has 0 unspecified atom stereocenters. The van der Waals surface area contributed by atoms with E-state index < -0.39 is 0 Å². The maximum atomic E-state index is 13.2. The van der Waals surface area contributed by atoms with Crippen LogP contribution >= 0.6 is 23.1 Å². The van der Waals surface area contributed by atoms with E-state index in [4.69, 9.17) is 9.72 Å². The van der Waals surface area contributed by atoms with Crippen molar-refractivity contribution in [2.45, 2.75) is 24.3 Å². The second-order valence-corrected chi connectivity index (χ2v) is 9.25. The quantitative estimate of drug-likeness (QED) is 0.225. The van der Waals surface area contributed by atoms with Crippen molar-refractivity contribution < 1.29 is 13.9 Å². The molecule has 0 atom stereocenters. The summed E-state index contributed by atoms with van der Waals surface area (Å²) in [7, 11) is 1.62. The van der Waals surface area contributed by atoms with Crippen LogP contribution in [0.25, 0.3) is 10.2 Å². The Morgan fingerprint density at radius 1 is 1.12 bits per heavy atom. The van der Waals surface area contributed by atoms with E-state index in [1.165, 1.54) is 23.5 Å². The first-order valence-corrected chi connectivity index (χ1v) is 11.9. The summed E-state index contributed by atoms with van der Waals surface area (Å²) in [5, 5.41) is 0.668. The first kappa shape index (κ1) is 22.2. The molecule has 4 rings (SSSR count). The second-order valence-electron chi connectivity index (χ2n) is 7.07. The Morgan fingerprint density at radius 2 is 1.91 bits per heavy atom. The lowest BCUT2D eigenvalue weighted by Crippen LogP contribution is -2.30. The number of rotatable bonds is 9. The van der Waals surface area contributed by atoms with E-state index >= 15 is 0 Å². The van der Waals surface area contributed by atoms with Crippen LogP contribution in [-0.2, 0) is 11.3 Å². The summed E-state index contributed by atoms with van der Waals surface area (Å²) in [6.07, 6.45) is 4.56. The normalized spacial score (nSPS) is 10.9. The van der Waals surface area contributed by atoms with Crippen molar-refractivity contribution in [1.29, 1.82) is 0 Å². The molecule has 0 bridgehead atoms. The molecule has 164 valence electrons. The van der Waals surface area contributed by atoms with Crippen molar-refractivity contribution in [1.82, 2.24) is 9.97 Å². The molecule has 0 spiro atoms. The number of thiazole rings is 1. The van der Waals surface area contributed by atoms with E-state index in [1.807, 2.05) is 30.3 Å². The van der Waals surface area contributed by atoms with Crippen LogP contribution in [0.2, 0.25) is 0 Å². The number of carbonyl (C=O) groups is 1. The van der Waals surface area contributed by atoms with Crippen LogP contribution < -0.4 is 9.64 Å². The van der Waals surface area contributed by atoms with Gasteiger partial charge in [-0.1, -0.05) is 11.3 Å². The van der Waals surface area contributed by atoms with E-state index in [0.29, 0.717) is 24.5 Å². The Kier molecular flexibility index (Phi) is 7.34. The Morgan fingerprint density at radius 3 is 2.66 bits per heavy atom. The number of hydrogen-bond acceptors (Lipinski definition) is 6. The molecular formula is C24H22FN3O2S2. The highest BCUT2D eigenvalue weighted by molar-refractivity contribution is 7.99. The minimum absolute atomic E-state index is 0.0209. The topological polar surface area (TPSA) is 55.3 Å². The maximum absolute atomic E-state index is 13.2.